The van der Waals surface area contributed by atoms with Gasteiger partial charge in [0.05, 0.1) is 10.5 Å². The molecule has 0 heterocycles. The van der Waals surface area contributed by atoms with Crippen LogP contribution in [0, 0.1) is 5.82 Å². The van der Waals surface area contributed by atoms with Gasteiger partial charge in [0.2, 0.25) is 10.0 Å². The zero-order valence-corrected chi connectivity index (χ0v) is 20.4. The van der Waals surface area contributed by atoms with Crippen molar-refractivity contribution in [1.82, 2.24) is 4.31 Å². The number of ether oxygens (including phenoxy) is 1. The SMILES string of the molecule is CCN(CC)S(=O)(=O)c1ccc(F)c(C(=O)OCC(=O)N(c2ccccc2)C2CCCCC2)c1. The quantitative estimate of drug-likeness (QED) is 0.487. The monoisotopic (exact) mass is 490 g/mol. The predicted molar refractivity (Wildman–Crippen MR) is 128 cm³/mol. The number of nitrogens with zero attached hydrogens (tertiary/aromatic N) is 2. The smallest absolute Gasteiger partial charge is 0.341 e. The van der Waals surface area contributed by atoms with Crippen molar-refractivity contribution in [3.05, 3.63) is 59.9 Å². The lowest BCUT2D eigenvalue weighted by molar-refractivity contribution is -0.122. The van der Waals surface area contributed by atoms with E-state index in [1.165, 1.54) is 4.31 Å². The molecule has 1 aliphatic rings. The molecule has 7 nitrogen and oxygen atoms in total. The summed E-state index contributed by atoms with van der Waals surface area (Å²) in [4.78, 5) is 27.2. The molecular weight excluding hydrogens is 459 g/mol. The first-order chi connectivity index (χ1) is 16.3. The zero-order chi connectivity index (χ0) is 24.7. The molecule has 0 radical (unpaired) electrons. The third-order valence-corrected chi connectivity index (χ3v) is 8.12. The van der Waals surface area contributed by atoms with E-state index < -0.39 is 39.9 Å². The second-order valence-electron chi connectivity index (χ2n) is 8.20. The van der Waals surface area contributed by atoms with E-state index in [0.29, 0.717) is 5.69 Å². The maximum absolute atomic E-state index is 14.4. The van der Waals surface area contributed by atoms with E-state index in [1.807, 2.05) is 30.3 Å². The van der Waals surface area contributed by atoms with Crippen molar-refractivity contribution in [3.8, 4) is 0 Å². The Balaban J connectivity index is 1.78. The number of hydrogen-bond acceptors (Lipinski definition) is 5. The van der Waals surface area contributed by atoms with E-state index in [1.54, 1.807) is 18.7 Å². The van der Waals surface area contributed by atoms with Gasteiger partial charge in [-0.25, -0.2) is 17.6 Å². The van der Waals surface area contributed by atoms with E-state index in [-0.39, 0.29) is 24.0 Å². The van der Waals surface area contributed by atoms with Crippen LogP contribution in [0.1, 0.15) is 56.3 Å². The average Bonchev–Trinajstić information content (AvgIpc) is 2.85. The van der Waals surface area contributed by atoms with E-state index >= 15 is 0 Å². The summed E-state index contributed by atoms with van der Waals surface area (Å²) < 4.78 is 46.3. The predicted octanol–water partition coefficient (Wildman–Crippen LogP) is 4.38. The number of para-hydroxylation sites is 1. The largest absolute Gasteiger partial charge is 0.452 e. The lowest BCUT2D eigenvalue weighted by Crippen LogP contribution is -2.43. The number of carbonyl (C=O) groups is 2. The summed E-state index contributed by atoms with van der Waals surface area (Å²) in [5.41, 5.74) is 0.193. The summed E-state index contributed by atoms with van der Waals surface area (Å²) in [6.07, 6.45) is 4.86. The summed E-state index contributed by atoms with van der Waals surface area (Å²) in [5, 5.41) is 0. The maximum Gasteiger partial charge on any atom is 0.341 e. The molecule has 0 saturated heterocycles. The Morgan fingerprint density at radius 2 is 1.65 bits per heavy atom. The van der Waals surface area contributed by atoms with Crippen LogP contribution in [-0.2, 0) is 19.6 Å². The van der Waals surface area contributed by atoms with Crippen LogP contribution in [0.2, 0.25) is 0 Å². The first-order valence-electron chi connectivity index (χ1n) is 11.6. The van der Waals surface area contributed by atoms with Gasteiger partial charge >= 0.3 is 5.97 Å². The molecule has 1 saturated carbocycles. The van der Waals surface area contributed by atoms with Crippen molar-refractivity contribution in [2.24, 2.45) is 0 Å². The third kappa shape index (κ3) is 5.82. The molecule has 1 fully saturated rings. The van der Waals surface area contributed by atoms with Crippen LogP contribution in [0.15, 0.2) is 53.4 Å². The fourth-order valence-electron chi connectivity index (χ4n) is 4.29. The molecule has 0 spiro atoms. The number of anilines is 1. The van der Waals surface area contributed by atoms with E-state index in [9.17, 15) is 22.4 Å². The van der Waals surface area contributed by atoms with Crippen molar-refractivity contribution in [1.29, 1.82) is 0 Å². The first-order valence-corrected chi connectivity index (χ1v) is 13.1. The second-order valence-corrected chi connectivity index (χ2v) is 10.1. The fraction of sp³-hybridized carbons (Fsp3) is 0.440. The lowest BCUT2D eigenvalue weighted by Gasteiger charge is -2.34. The minimum atomic E-state index is -3.89. The zero-order valence-electron chi connectivity index (χ0n) is 19.6. The molecule has 1 amide bonds. The van der Waals surface area contributed by atoms with Crippen molar-refractivity contribution in [2.45, 2.75) is 56.9 Å². The molecule has 2 aromatic carbocycles. The number of benzene rings is 2. The molecule has 0 unspecified atom stereocenters. The summed E-state index contributed by atoms with van der Waals surface area (Å²) in [6.45, 7) is 3.28. The lowest BCUT2D eigenvalue weighted by atomic mass is 9.93. The number of esters is 1. The third-order valence-electron chi connectivity index (χ3n) is 6.07. The van der Waals surface area contributed by atoms with E-state index in [0.717, 1.165) is 50.3 Å². The van der Waals surface area contributed by atoms with E-state index in [2.05, 4.69) is 0 Å². The summed E-state index contributed by atoms with van der Waals surface area (Å²) in [5.74, 6) is -2.40. The van der Waals surface area contributed by atoms with Gasteiger partial charge in [-0.15, -0.1) is 0 Å². The van der Waals surface area contributed by atoms with Gasteiger partial charge in [0.15, 0.2) is 6.61 Å². The van der Waals surface area contributed by atoms with Crippen molar-refractivity contribution in [2.75, 3.05) is 24.6 Å². The van der Waals surface area contributed by atoms with Crippen molar-refractivity contribution >= 4 is 27.6 Å². The number of carbonyl (C=O) groups excluding carboxylic acids is 2. The average molecular weight is 491 g/mol. The Morgan fingerprint density at radius 3 is 2.26 bits per heavy atom. The highest BCUT2D eigenvalue weighted by Gasteiger charge is 2.29. The summed E-state index contributed by atoms with van der Waals surface area (Å²) >= 11 is 0. The van der Waals surface area contributed by atoms with E-state index in [4.69, 9.17) is 4.74 Å². The number of hydrogen-bond donors (Lipinski definition) is 0. The van der Waals surface area contributed by atoms with Gasteiger partial charge in [-0.2, -0.15) is 4.31 Å². The molecule has 3 rings (SSSR count). The molecule has 2 aromatic rings. The molecule has 34 heavy (non-hydrogen) atoms. The Bertz CT molecular complexity index is 1100. The van der Waals surface area contributed by atoms with Crippen LogP contribution < -0.4 is 4.90 Å². The number of rotatable bonds is 9. The number of amides is 1. The molecule has 0 aromatic heterocycles. The minimum absolute atomic E-state index is 0.00151. The highest BCUT2D eigenvalue weighted by molar-refractivity contribution is 7.89. The van der Waals surface area contributed by atoms with Crippen LogP contribution in [0.3, 0.4) is 0 Å². The van der Waals surface area contributed by atoms with Gasteiger partial charge in [0.1, 0.15) is 5.82 Å². The van der Waals surface area contributed by atoms with Crippen LogP contribution in [0.25, 0.3) is 0 Å². The normalized spacial score (nSPS) is 14.7. The molecule has 1 aliphatic carbocycles. The molecule has 9 heteroatoms. The topological polar surface area (TPSA) is 84.0 Å². The standard InChI is InChI=1S/C25H31FN2O5S/c1-3-27(4-2)34(31,32)21-15-16-23(26)22(17-21)25(30)33-18-24(29)28(19-11-7-5-8-12-19)20-13-9-6-10-14-20/h5,7-8,11-12,15-17,20H,3-4,6,9-10,13-14,18H2,1-2H3. The van der Waals surface area contributed by atoms with Gasteiger partial charge in [-0.3, -0.25) is 4.79 Å². The Hall–Kier alpha value is -2.78. The summed E-state index contributed by atoms with van der Waals surface area (Å²) in [7, 11) is -3.89. The van der Waals surface area contributed by atoms with Gasteiger partial charge < -0.3 is 9.64 Å². The Kier molecular flexibility index (Phi) is 8.79. The molecule has 0 aliphatic heterocycles. The van der Waals surface area contributed by atoms with Gasteiger partial charge in [0.25, 0.3) is 5.91 Å². The highest BCUT2D eigenvalue weighted by Crippen LogP contribution is 2.28. The molecule has 184 valence electrons. The van der Waals surface area contributed by atoms with Crippen molar-refractivity contribution < 1.29 is 27.1 Å². The Labute approximate surface area is 200 Å². The van der Waals surface area contributed by atoms with Crippen molar-refractivity contribution in [3.63, 3.8) is 0 Å². The van der Waals surface area contributed by atoms with Crippen LogP contribution in [-0.4, -0.2) is 50.3 Å². The highest BCUT2D eigenvalue weighted by atomic mass is 32.2. The van der Waals surface area contributed by atoms with Crippen LogP contribution in [0.4, 0.5) is 10.1 Å². The van der Waals surface area contributed by atoms with Gasteiger partial charge in [0, 0.05) is 24.8 Å². The summed E-state index contributed by atoms with van der Waals surface area (Å²) in [6, 6.07) is 12.2. The molecular formula is C25H31FN2O5S. The fourth-order valence-corrected chi connectivity index (χ4v) is 5.78. The van der Waals surface area contributed by atoms with Crippen LogP contribution >= 0.6 is 0 Å². The maximum atomic E-state index is 14.4. The van der Waals surface area contributed by atoms with Crippen LogP contribution in [0.5, 0.6) is 0 Å². The molecule has 0 atom stereocenters. The van der Waals surface area contributed by atoms with Gasteiger partial charge in [-0.1, -0.05) is 51.3 Å². The first kappa shape index (κ1) is 25.8. The number of halogens is 1. The molecule has 0 N–H and O–H groups in total. The minimum Gasteiger partial charge on any atom is -0.452 e. The second kappa shape index (κ2) is 11.6. The Morgan fingerprint density at radius 1 is 1.00 bits per heavy atom. The van der Waals surface area contributed by atoms with Gasteiger partial charge in [-0.05, 0) is 43.2 Å². The molecule has 0 bridgehead atoms. The number of sulfonamides is 1.